The third-order valence-electron chi connectivity index (χ3n) is 3.65. The van der Waals surface area contributed by atoms with Crippen LogP contribution in [0.4, 0.5) is 0 Å². The molecule has 25 heavy (non-hydrogen) atoms. The topological polar surface area (TPSA) is 60.7 Å². The minimum atomic E-state index is -0.357. The molecule has 0 atom stereocenters. The number of para-hydroxylation sites is 1. The van der Waals surface area contributed by atoms with E-state index in [-0.39, 0.29) is 5.63 Å². The minimum absolute atomic E-state index is 0.357. The largest absolute Gasteiger partial charge is 0.494 e. The molecule has 0 aliphatic heterocycles. The molecule has 0 fully saturated rings. The van der Waals surface area contributed by atoms with E-state index in [0.717, 1.165) is 30.6 Å². The molecule has 0 aliphatic rings. The first kappa shape index (κ1) is 17.0. The lowest BCUT2D eigenvalue weighted by atomic mass is 10.2. The Morgan fingerprint density at radius 2 is 1.64 bits per heavy atom. The van der Waals surface area contributed by atoms with Gasteiger partial charge in [0.05, 0.1) is 6.61 Å². The highest BCUT2D eigenvalue weighted by Crippen LogP contribution is 2.19. The minimum Gasteiger partial charge on any atom is -0.494 e. The van der Waals surface area contributed by atoms with E-state index in [0.29, 0.717) is 24.5 Å². The van der Waals surface area contributed by atoms with E-state index in [1.807, 2.05) is 42.5 Å². The van der Waals surface area contributed by atoms with Crippen LogP contribution in [0.25, 0.3) is 11.0 Å². The van der Waals surface area contributed by atoms with Gasteiger partial charge in [-0.2, -0.15) is 0 Å². The van der Waals surface area contributed by atoms with Gasteiger partial charge < -0.3 is 19.2 Å². The molecule has 0 spiro atoms. The molecule has 2 aromatic carbocycles. The van der Waals surface area contributed by atoms with Gasteiger partial charge in [0, 0.05) is 24.1 Å². The molecule has 0 amide bonds. The number of nitrogens with one attached hydrogen (secondary N) is 1. The maximum atomic E-state index is 11.2. The predicted molar refractivity (Wildman–Crippen MR) is 97.4 cm³/mol. The summed E-state index contributed by atoms with van der Waals surface area (Å²) in [5.41, 5.74) is 0.181. The van der Waals surface area contributed by atoms with Gasteiger partial charge in [0.1, 0.15) is 23.7 Å². The van der Waals surface area contributed by atoms with E-state index in [1.165, 1.54) is 6.07 Å². The van der Waals surface area contributed by atoms with Crippen molar-refractivity contribution < 1.29 is 13.9 Å². The van der Waals surface area contributed by atoms with Crippen LogP contribution in [0.5, 0.6) is 11.5 Å². The molecular formula is C20H21NO4. The number of fused-ring (bicyclic) bond motifs is 1. The van der Waals surface area contributed by atoms with Gasteiger partial charge in [0.15, 0.2) is 0 Å². The molecule has 0 radical (unpaired) electrons. The van der Waals surface area contributed by atoms with Crippen molar-refractivity contribution in [3.63, 3.8) is 0 Å². The van der Waals surface area contributed by atoms with Crippen LogP contribution in [0, 0.1) is 0 Å². The fourth-order valence-corrected chi connectivity index (χ4v) is 2.40. The summed E-state index contributed by atoms with van der Waals surface area (Å²) >= 11 is 0. The lowest BCUT2D eigenvalue weighted by Gasteiger charge is -2.09. The van der Waals surface area contributed by atoms with Gasteiger partial charge >= 0.3 is 5.63 Å². The Morgan fingerprint density at radius 3 is 2.52 bits per heavy atom. The van der Waals surface area contributed by atoms with Crippen LogP contribution in [0.1, 0.15) is 6.42 Å². The Hall–Kier alpha value is -2.79. The summed E-state index contributed by atoms with van der Waals surface area (Å²) in [6.45, 7) is 2.83. The molecule has 0 saturated carbocycles. The normalized spacial score (nSPS) is 10.7. The molecule has 0 unspecified atom stereocenters. The summed E-state index contributed by atoms with van der Waals surface area (Å²) in [6, 6.07) is 18.4. The molecule has 0 bridgehead atoms. The number of ether oxygens (including phenoxy) is 2. The summed E-state index contributed by atoms with van der Waals surface area (Å²) in [4.78, 5) is 11.2. The maximum Gasteiger partial charge on any atom is 0.336 e. The van der Waals surface area contributed by atoms with E-state index in [1.54, 1.807) is 12.1 Å². The van der Waals surface area contributed by atoms with Crippen LogP contribution in [0.3, 0.4) is 0 Å². The Bertz CT molecular complexity index is 845. The zero-order valence-electron chi connectivity index (χ0n) is 13.9. The number of rotatable bonds is 9. The van der Waals surface area contributed by atoms with Crippen molar-refractivity contribution in [1.82, 2.24) is 5.32 Å². The molecule has 3 aromatic rings. The van der Waals surface area contributed by atoms with Gasteiger partial charge in [-0.3, -0.25) is 0 Å². The SMILES string of the molecule is O=c1ccc2ccc(OCCNCCCOc3ccccc3)cc2o1. The number of hydrogen-bond donors (Lipinski definition) is 1. The van der Waals surface area contributed by atoms with Crippen molar-refractivity contribution in [1.29, 1.82) is 0 Å². The molecule has 1 N–H and O–H groups in total. The van der Waals surface area contributed by atoms with Gasteiger partial charge in [-0.25, -0.2) is 4.79 Å². The molecule has 1 aromatic heterocycles. The number of hydrogen-bond acceptors (Lipinski definition) is 5. The highest BCUT2D eigenvalue weighted by Gasteiger charge is 2.00. The van der Waals surface area contributed by atoms with Crippen molar-refractivity contribution >= 4 is 11.0 Å². The predicted octanol–water partition coefficient (Wildman–Crippen LogP) is 3.23. The quantitative estimate of drug-likeness (QED) is 0.479. The second kappa shape index (κ2) is 8.89. The Balaban J connectivity index is 1.31. The van der Waals surface area contributed by atoms with Crippen LogP contribution in [-0.2, 0) is 0 Å². The average Bonchev–Trinajstić information content (AvgIpc) is 2.64. The molecule has 5 heteroatoms. The van der Waals surface area contributed by atoms with E-state index in [9.17, 15) is 4.79 Å². The smallest absolute Gasteiger partial charge is 0.336 e. The first-order valence-corrected chi connectivity index (χ1v) is 8.36. The van der Waals surface area contributed by atoms with Gasteiger partial charge in [-0.15, -0.1) is 0 Å². The summed E-state index contributed by atoms with van der Waals surface area (Å²) in [5.74, 6) is 1.59. The maximum absolute atomic E-state index is 11.2. The fraction of sp³-hybridized carbons (Fsp3) is 0.250. The van der Waals surface area contributed by atoms with Crippen molar-refractivity contribution in [2.75, 3.05) is 26.3 Å². The average molecular weight is 339 g/mol. The molecule has 0 aliphatic carbocycles. The molecule has 0 saturated heterocycles. The van der Waals surface area contributed by atoms with Gasteiger partial charge in [0.25, 0.3) is 0 Å². The highest BCUT2D eigenvalue weighted by atomic mass is 16.5. The second-order valence-electron chi connectivity index (χ2n) is 5.57. The van der Waals surface area contributed by atoms with Crippen LogP contribution >= 0.6 is 0 Å². The molecule has 3 rings (SSSR count). The first-order valence-electron chi connectivity index (χ1n) is 8.36. The Kier molecular flexibility index (Phi) is 6.06. The summed E-state index contributed by atoms with van der Waals surface area (Å²) in [7, 11) is 0. The third kappa shape index (κ3) is 5.36. The molecule has 5 nitrogen and oxygen atoms in total. The first-order chi connectivity index (χ1) is 12.3. The lowest BCUT2D eigenvalue weighted by Crippen LogP contribution is -2.23. The Morgan fingerprint density at radius 1 is 0.840 bits per heavy atom. The van der Waals surface area contributed by atoms with Gasteiger partial charge in [-0.05, 0) is 43.3 Å². The van der Waals surface area contributed by atoms with Crippen molar-refractivity contribution in [3.8, 4) is 11.5 Å². The van der Waals surface area contributed by atoms with Gasteiger partial charge in [0.2, 0.25) is 0 Å². The zero-order chi connectivity index (χ0) is 17.3. The van der Waals surface area contributed by atoms with E-state index in [2.05, 4.69) is 5.32 Å². The standard InChI is InChI=1S/C20H21NO4/c22-20-10-8-16-7-9-18(15-19(16)25-20)24-14-12-21-11-4-13-23-17-5-2-1-3-6-17/h1-3,5-10,15,21H,4,11-14H2. The van der Waals surface area contributed by atoms with E-state index >= 15 is 0 Å². The molecule has 130 valence electrons. The highest BCUT2D eigenvalue weighted by molar-refractivity contribution is 5.77. The summed E-state index contributed by atoms with van der Waals surface area (Å²) < 4.78 is 16.4. The Labute approximate surface area is 146 Å². The zero-order valence-corrected chi connectivity index (χ0v) is 13.9. The fourth-order valence-electron chi connectivity index (χ4n) is 2.40. The van der Waals surface area contributed by atoms with Crippen LogP contribution in [-0.4, -0.2) is 26.3 Å². The van der Waals surface area contributed by atoms with Crippen molar-refractivity contribution in [3.05, 3.63) is 71.1 Å². The third-order valence-corrected chi connectivity index (χ3v) is 3.65. The van der Waals surface area contributed by atoms with E-state index in [4.69, 9.17) is 13.9 Å². The van der Waals surface area contributed by atoms with Crippen molar-refractivity contribution in [2.24, 2.45) is 0 Å². The second-order valence-corrected chi connectivity index (χ2v) is 5.57. The summed E-state index contributed by atoms with van der Waals surface area (Å²) in [6.07, 6.45) is 0.927. The van der Waals surface area contributed by atoms with Crippen LogP contribution in [0.2, 0.25) is 0 Å². The van der Waals surface area contributed by atoms with Crippen LogP contribution < -0.4 is 20.4 Å². The lowest BCUT2D eigenvalue weighted by molar-refractivity contribution is 0.294. The molecule has 1 heterocycles. The summed E-state index contributed by atoms with van der Waals surface area (Å²) in [5, 5.41) is 4.19. The monoisotopic (exact) mass is 339 g/mol. The van der Waals surface area contributed by atoms with Crippen LogP contribution in [0.15, 0.2) is 69.9 Å². The van der Waals surface area contributed by atoms with E-state index < -0.39 is 0 Å². The molecular weight excluding hydrogens is 318 g/mol. The van der Waals surface area contributed by atoms with Gasteiger partial charge in [-0.1, -0.05) is 18.2 Å². The van der Waals surface area contributed by atoms with Crippen molar-refractivity contribution in [2.45, 2.75) is 6.42 Å². The number of benzene rings is 2.